The van der Waals surface area contributed by atoms with Crippen molar-refractivity contribution in [3.63, 3.8) is 0 Å². The summed E-state index contributed by atoms with van der Waals surface area (Å²) in [6.45, 7) is 2.03. The summed E-state index contributed by atoms with van der Waals surface area (Å²) >= 11 is 0. The standard InChI is InChI=1S/C20H19NO5/c22-15-9-8-14-16(23)18(25)19(26-20(14)17(15)24)12-4-6-13(7-5-12)21-10-2-1-3-11-21/h4-9,22,24-25H,1-3,10-11H2. The van der Waals surface area contributed by atoms with E-state index in [-0.39, 0.29) is 16.7 Å². The molecule has 0 aliphatic carbocycles. The van der Waals surface area contributed by atoms with E-state index in [1.165, 1.54) is 31.4 Å². The highest BCUT2D eigenvalue weighted by Crippen LogP contribution is 2.37. The fourth-order valence-electron chi connectivity index (χ4n) is 3.40. The molecule has 1 aromatic heterocycles. The number of benzene rings is 2. The van der Waals surface area contributed by atoms with Crippen LogP contribution in [0, 0.1) is 0 Å². The molecule has 6 heteroatoms. The molecule has 0 amide bonds. The Labute approximate surface area is 149 Å². The van der Waals surface area contributed by atoms with Crippen molar-refractivity contribution < 1.29 is 19.7 Å². The molecule has 0 unspecified atom stereocenters. The number of anilines is 1. The molecule has 1 aliphatic heterocycles. The van der Waals surface area contributed by atoms with Crippen LogP contribution < -0.4 is 10.3 Å². The maximum atomic E-state index is 12.4. The minimum absolute atomic E-state index is 0.00601. The van der Waals surface area contributed by atoms with Gasteiger partial charge in [-0.25, -0.2) is 0 Å². The third-order valence-electron chi connectivity index (χ3n) is 4.84. The highest BCUT2D eigenvalue weighted by atomic mass is 16.4. The van der Waals surface area contributed by atoms with Crippen molar-refractivity contribution in [2.45, 2.75) is 19.3 Å². The van der Waals surface area contributed by atoms with Crippen molar-refractivity contribution in [2.24, 2.45) is 0 Å². The first kappa shape index (κ1) is 16.3. The van der Waals surface area contributed by atoms with E-state index in [1.807, 2.05) is 12.1 Å². The number of aromatic hydroxyl groups is 3. The van der Waals surface area contributed by atoms with Gasteiger partial charge in [-0.1, -0.05) is 0 Å². The first-order valence-electron chi connectivity index (χ1n) is 8.62. The fourth-order valence-corrected chi connectivity index (χ4v) is 3.40. The summed E-state index contributed by atoms with van der Waals surface area (Å²) in [6.07, 6.45) is 3.59. The van der Waals surface area contributed by atoms with Crippen LogP contribution in [-0.4, -0.2) is 28.4 Å². The number of hydrogen-bond acceptors (Lipinski definition) is 6. The molecule has 1 saturated heterocycles. The Morgan fingerprint density at radius 1 is 0.846 bits per heavy atom. The Balaban J connectivity index is 1.80. The second-order valence-electron chi connectivity index (χ2n) is 6.51. The fraction of sp³-hybridized carbons (Fsp3) is 0.250. The van der Waals surface area contributed by atoms with E-state index in [0.29, 0.717) is 5.56 Å². The minimum atomic E-state index is -0.656. The molecular formula is C20H19NO5. The molecule has 0 bridgehead atoms. The van der Waals surface area contributed by atoms with E-state index in [4.69, 9.17) is 4.42 Å². The average molecular weight is 353 g/mol. The molecule has 3 N–H and O–H groups in total. The van der Waals surface area contributed by atoms with Crippen LogP contribution in [0.3, 0.4) is 0 Å². The smallest absolute Gasteiger partial charge is 0.235 e. The Kier molecular flexibility index (Phi) is 3.95. The maximum Gasteiger partial charge on any atom is 0.235 e. The van der Waals surface area contributed by atoms with Gasteiger partial charge in [-0.15, -0.1) is 0 Å². The number of hydrogen-bond donors (Lipinski definition) is 3. The van der Waals surface area contributed by atoms with Crippen molar-refractivity contribution in [3.05, 3.63) is 46.6 Å². The molecule has 2 heterocycles. The summed E-state index contributed by atoms with van der Waals surface area (Å²) in [4.78, 5) is 14.7. The zero-order valence-corrected chi connectivity index (χ0v) is 14.1. The molecular weight excluding hydrogens is 334 g/mol. The van der Waals surface area contributed by atoms with Crippen molar-refractivity contribution in [1.82, 2.24) is 0 Å². The predicted octanol–water partition coefficient (Wildman–Crippen LogP) is 3.57. The van der Waals surface area contributed by atoms with Gasteiger partial charge in [-0.2, -0.15) is 0 Å². The number of phenols is 2. The molecule has 2 aromatic carbocycles. The summed E-state index contributed by atoms with van der Waals surface area (Å²) in [7, 11) is 0. The minimum Gasteiger partial charge on any atom is -0.504 e. The second kappa shape index (κ2) is 6.29. The molecule has 4 rings (SSSR count). The zero-order valence-electron chi connectivity index (χ0n) is 14.1. The van der Waals surface area contributed by atoms with Crippen LogP contribution in [0.5, 0.6) is 17.2 Å². The quantitative estimate of drug-likeness (QED) is 0.610. The lowest BCUT2D eigenvalue weighted by molar-refractivity contribution is 0.397. The van der Waals surface area contributed by atoms with Gasteiger partial charge in [-0.3, -0.25) is 4.79 Å². The van der Waals surface area contributed by atoms with Crippen LogP contribution in [0.25, 0.3) is 22.3 Å². The average Bonchev–Trinajstić information content (AvgIpc) is 2.68. The van der Waals surface area contributed by atoms with Crippen LogP contribution in [0.2, 0.25) is 0 Å². The SMILES string of the molecule is O=c1c(O)c(-c2ccc(N3CCCCC3)cc2)oc2c(O)c(O)ccc12. The number of rotatable bonds is 2. The maximum absolute atomic E-state index is 12.4. The lowest BCUT2D eigenvalue weighted by Gasteiger charge is -2.28. The third kappa shape index (κ3) is 2.63. The van der Waals surface area contributed by atoms with Gasteiger partial charge in [0, 0.05) is 24.3 Å². The van der Waals surface area contributed by atoms with Crippen molar-refractivity contribution in [1.29, 1.82) is 0 Å². The van der Waals surface area contributed by atoms with Crippen molar-refractivity contribution in [2.75, 3.05) is 18.0 Å². The van der Waals surface area contributed by atoms with E-state index in [1.54, 1.807) is 12.1 Å². The molecule has 0 atom stereocenters. The van der Waals surface area contributed by atoms with E-state index in [2.05, 4.69) is 4.90 Å². The highest BCUT2D eigenvalue weighted by Gasteiger charge is 2.19. The lowest BCUT2D eigenvalue weighted by Crippen LogP contribution is -2.29. The zero-order chi connectivity index (χ0) is 18.3. The molecule has 0 radical (unpaired) electrons. The van der Waals surface area contributed by atoms with E-state index < -0.39 is 22.7 Å². The number of fused-ring (bicyclic) bond motifs is 1. The molecule has 0 spiro atoms. The molecule has 1 fully saturated rings. The van der Waals surface area contributed by atoms with Gasteiger partial charge in [0.15, 0.2) is 17.1 Å². The summed E-state index contributed by atoms with van der Waals surface area (Å²) in [6, 6.07) is 9.88. The van der Waals surface area contributed by atoms with Crippen molar-refractivity contribution in [3.8, 4) is 28.6 Å². The van der Waals surface area contributed by atoms with Crippen LogP contribution in [0.4, 0.5) is 5.69 Å². The summed E-state index contributed by atoms with van der Waals surface area (Å²) in [5.41, 5.74) is 0.793. The second-order valence-corrected chi connectivity index (χ2v) is 6.51. The number of phenolic OH excluding ortho intramolecular Hbond substituents is 2. The van der Waals surface area contributed by atoms with Gasteiger partial charge in [0.1, 0.15) is 0 Å². The van der Waals surface area contributed by atoms with E-state index in [9.17, 15) is 20.1 Å². The highest BCUT2D eigenvalue weighted by molar-refractivity contribution is 5.88. The Bertz CT molecular complexity index is 1020. The molecule has 1 aliphatic rings. The molecule has 3 aromatic rings. The van der Waals surface area contributed by atoms with Gasteiger partial charge in [0.25, 0.3) is 0 Å². The first-order chi connectivity index (χ1) is 12.6. The lowest BCUT2D eigenvalue weighted by atomic mass is 10.1. The summed E-state index contributed by atoms with van der Waals surface area (Å²) in [5.74, 6) is -1.47. The molecule has 134 valence electrons. The first-order valence-corrected chi connectivity index (χ1v) is 8.62. The summed E-state index contributed by atoms with van der Waals surface area (Å²) in [5, 5.41) is 29.9. The van der Waals surface area contributed by atoms with Gasteiger partial charge >= 0.3 is 0 Å². The third-order valence-corrected chi connectivity index (χ3v) is 4.84. The number of piperidine rings is 1. The predicted molar refractivity (Wildman–Crippen MR) is 99.0 cm³/mol. The Hall–Kier alpha value is -3.15. The normalized spacial score (nSPS) is 14.7. The van der Waals surface area contributed by atoms with Gasteiger partial charge < -0.3 is 24.6 Å². The van der Waals surface area contributed by atoms with E-state index >= 15 is 0 Å². The monoisotopic (exact) mass is 353 g/mol. The Morgan fingerprint density at radius 3 is 2.23 bits per heavy atom. The topological polar surface area (TPSA) is 94.1 Å². The van der Waals surface area contributed by atoms with Crippen LogP contribution >= 0.6 is 0 Å². The van der Waals surface area contributed by atoms with Crippen LogP contribution in [-0.2, 0) is 0 Å². The summed E-state index contributed by atoms with van der Waals surface area (Å²) < 4.78 is 5.58. The van der Waals surface area contributed by atoms with Gasteiger partial charge in [-0.05, 0) is 55.7 Å². The molecule has 0 saturated carbocycles. The molecule has 6 nitrogen and oxygen atoms in total. The Morgan fingerprint density at radius 2 is 1.54 bits per heavy atom. The van der Waals surface area contributed by atoms with E-state index in [0.717, 1.165) is 18.8 Å². The van der Waals surface area contributed by atoms with Crippen LogP contribution in [0.15, 0.2) is 45.6 Å². The largest absolute Gasteiger partial charge is 0.504 e. The van der Waals surface area contributed by atoms with Crippen molar-refractivity contribution >= 4 is 16.7 Å². The van der Waals surface area contributed by atoms with Crippen LogP contribution in [0.1, 0.15) is 19.3 Å². The molecule has 26 heavy (non-hydrogen) atoms. The number of nitrogens with zero attached hydrogens (tertiary/aromatic N) is 1. The van der Waals surface area contributed by atoms with Gasteiger partial charge in [0.05, 0.1) is 5.39 Å². The van der Waals surface area contributed by atoms with Gasteiger partial charge in [0.2, 0.25) is 16.9 Å².